The van der Waals surface area contributed by atoms with E-state index in [2.05, 4.69) is 10.2 Å². The third kappa shape index (κ3) is 5.29. The summed E-state index contributed by atoms with van der Waals surface area (Å²) in [4.78, 5) is 15.8. The molecule has 176 valence electrons. The fraction of sp³-hybridized carbons (Fsp3) is 0.400. The number of aromatic nitrogens is 1. The van der Waals surface area contributed by atoms with Crippen LogP contribution in [-0.4, -0.2) is 68.4 Å². The number of amides is 1. The Balaban J connectivity index is 1.61. The van der Waals surface area contributed by atoms with E-state index >= 15 is 0 Å². The molecule has 0 atom stereocenters. The molecule has 1 aliphatic heterocycles. The van der Waals surface area contributed by atoms with Gasteiger partial charge in [0.05, 0.1) is 4.90 Å². The number of hydrogen-bond donors (Lipinski definition) is 1. The minimum absolute atomic E-state index is 0.138. The Labute approximate surface area is 196 Å². The molecule has 33 heavy (non-hydrogen) atoms. The van der Waals surface area contributed by atoms with Crippen LogP contribution in [0.25, 0.3) is 10.9 Å². The zero-order chi connectivity index (χ0) is 23.4. The molecule has 7 nitrogen and oxygen atoms in total. The number of hydrogen-bond acceptors (Lipinski definition) is 4. The molecule has 0 unspecified atom stereocenters. The fourth-order valence-corrected chi connectivity index (χ4v) is 5.28. The lowest BCUT2D eigenvalue weighted by Crippen LogP contribution is -2.30. The zero-order valence-electron chi connectivity index (χ0n) is 19.3. The van der Waals surface area contributed by atoms with Gasteiger partial charge in [0.1, 0.15) is 5.69 Å². The van der Waals surface area contributed by atoms with Crippen molar-refractivity contribution in [2.45, 2.75) is 30.7 Å². The lowest BCUT2D eigenvalue weighted by Gasteiger charge is -2.15. The lowest BCUT2D eigenvalue weighted by atomic mass is 10.2. The van der Waals surface area contributed by atoms with Crippen LogP contribution in [0, 0.1) is 0 Å². The Morgan fingerprint density at radius 1 is 1.03 bits per heavy atom. The second-order valence-corrected chi connectivity index (χ2v) is 10.9. The molecular weight excluding hydrogens is 436 g/mol. The average Bonchev–Trinajstić information content (AvgIpc) is 3.45. The maximum Gasteiger partial charge on any atom is 0.267 e. The number of sulfonamides is 1. The maximum atomic E-state index is 13.1. The van der Waals surface area contributed by atoms with Gasteiger partial charge in [-0.05, 0) is 68.7 Å². The Bertz CT molecular complexity index is 1210. The van der Waals surface area contributed by atoms with E-state index < -0.39 is 10.0 Å². The monoisotopic (exact) mass is 468 g/mol. The van der Waals surface area contributed by atoms with Crippen LogP contribution in [0.1, 0.15) is 35.3 Å². The van der Waals surface area contributed by atoms with Gasteiger partial charge in [0.2, 0.25) is 10.0 Å². The van der Waals surface area contributed by atoms with Crippen LogP contribution < -0.4 is 5.32 Å². The maximum absolute atomic E-state index is 13.1. The zero-order valence-corrected chi connectivity index (χ0v) is 20.1. The molecule has 3 aromatic rings. The number of likely N-dealkylation sites (tertiary alicyclic amines) is 1. The van der Waals surface area contributed by atoms with Crippen LogP contribution in [0.4, 0.5) is 0 Å². The molecule has 0 aliphatic carbocycles. The lowest BCUT2D eigenvalue weighted by molar-refractivity contribution is 0.0943. The summed E-state index contributed by atoms with van der Waals surface area (Å²) in [5, 5.41) is 3.79. The van der Waals surface area contributed by atoms with Crippen LogP contribution in [0.2, 0.25) is 0 Å². The highest BCUT2D eigenvalue weighted by Gasteiger charge is 2.21. The Morgan fingerprint density at radius 2 is 1.76 bits per heavy atom. The summed E-state index contributed by atoms with van der Waals surface area (Å²) in [5.41, 5.74) is 2.44. The van der Waals surface area contributed by atoms with Crippen LogP contribution in [0.15, 0.2) is 59.5 Å². The van der Waals surface area contributed by atoms with Crippen molar-refractivity contribution in [1.29, 1.82) is 0 Å². The van der Waals surface area contributed by atoms with Crippen LogP contribution in [-0.2, 0) is 16.6 Å². The fourth-order valence-electron chi connectivity index (χ4n) is 4.35. The summed E-state index contributed by atoms with van der Waals surface area (Å²) >= 11 is 0. The predicted molar refractivity (Wildman–Crippen MR) is 131 cm³/mol. The topological polar surface area (TPSA) is 74.7 Å². The van der Waals surface area contributed by atoms with Gasteiger partial charge in [0.25, 0.3) is 5.91 Å². The van der Waals surface area contributed by atoms with Crippen molar-refractivity contribution in [3.8, 4) is 0 Å². The van der Waals surface area contributed by atoms with E-state index in [1.54, 1.807) is 24.3 Å². The second-order valence-electron chi connectivity index (χ2n) is 8.77. The summed E-state index contributed by atoms with van der Waals surface area (Å²) in [6.45, 7) is 4.44. The summed E-state index contributed by atoms with van der Waals surface area (Å²) in [5.74, 6) is -0.138. The Kier molecular flexibility index (Phi) is 7.17. The van der Waals surface area contributed by atoms with Gasteiger partial charge >= 0.3 is 0 Å². The Hall–Kier alpha value is -2.68. The normalized spacial score (nSPS) is 14.9. The van der Waals surface area contributed by atoms with E-state index in [9.17, 15) is 13.2 Å². The van der Waals surface area contributed by atoms with Crippen molar-refractivity contribution < 1.29 is 13.2 Å². The summed E-state index contributed by atoms with van der Waals surface area (Å²) in [6, 6.07) is 16.8. The van der Waals surface area contributed by atoms with E-state index in [4.69, 9.17) is 0 Å². The van der Waals surface area contributed by atoms with Crippen molar-refractivity contribution in [1.82, 2.24) is 19.1 Å². The molecule has 1 aromatic heterocycles. The van der Waals surface area contributed by atoms with Crippen LogP contribution >= 0.6 is 0 Å². The highest BCUT2D eigenvalue weighted by Crippen LogP contribution is 2.26. The molecule has 0 radical (unpaired) electrons. The van der Waals surface area contributed by atoms with Gasteiger partial charge in [-0.1, -0.05) is 30.3 Å². The molecule has 2 aromatic carbocycles. The van der Waals surface area contributed by atoms with E-state index in [1.165, 1.54) is 31.2 Å². The Morgan fingerprint density at radius 3 is 2.45 bits per heavy atom. The van der Waals surface area contributed by atoms with Crippen molar-refractivity contribution in [2.24, 2.45) is 0 Å². The molecule has 1 amide bonds. The van der Waals surface area contributed by atoms with Crippen molar-refractivity contribution in [3.05, 3.63) is 65.9 Å². The SMILES string of the molecule is CN(C)S(=O)(=O)c1ccc2c(c1)cc(C(=O)NCCCN1CCCC1)n2Cc1ccccc1. The highest BCUT2D eigenvalue weighted by molar-refractivity contribution is 7.89. The number of benzene rings is 2. The summed E-state index contributed by atoms with van der Waals surface area (Å²) in [7, 11) is -0.528. The van der Waals surface area contributed by atoms with Crippen molar-refractivity contribution in [2.75, 3.05) is 40.3 Å². The third-order valence-electron chi connectivity index (χ3n) is 6.20. The van der Waals surface area contributed by atoms with E-state index in [1.807, 2.05) is 34.9 Å². The quantitative estimate of drug-likeness (QED) is 0.490. The molecule has 0 bridgehead atoms. The molecule has 2 heterocycles. The number of rotatable bonds is 9. The van der Waals surface area contributed by atoms with Gasteiger partial charge in [0, 0.05) is 38.1 Å². The minimum Gasteiger partial charge on any atom is -0.351 e. The van der Waals surface area contributed by atoms with Crippen LogP contribution in [0.3, 0.4) is 0 Å². The van der Waals surface area contributed by atoms with E-state index in [0.29, 0.717) is 18.8 Å². The van der Waals surface area contributed by atoms with Gasteiger partial charge < -0.3 is 14.8 Å². The third-order valence-corrected chi connectivity index (χ3v) is 8.01. The second kappa shape index (κ2) is 10.1. The first-order valence-electron chi connectivity index (χ1n) is 11.5. The first-order chi connectivity index (χ1) is 15.9. The smallest absolute Gasteiger partial charge is 0.267 e. The minimum atomic E-state index is -3.56. The first kappa shape index (κ1) is 23.5. The number of nitrogens with zero attached hydrogens (tertiary/aromatic N) is 3. The first-order valence-corrected chi connectivity index (χ1v) is 12.9. The summed E-state index contributed by atoms with van der Waals surface area (Å²) in [6.07, 6.45) is 3.44. The van der Waals surface area contributed by atoms with E-state index in [0.717, 1.165) is 42.5 Å². The van der Waals surface area contributed by atoms with Gasteiger partial charge in [0.15, 0.2) is 0 Å². The van der Waals surface area contributed by atoms with Crippen LogP contribution in [0.5, 0.6) is 0 Å². The number of nitrogens with one attached hydrogen (secondary N) is 1. The molecule has 4 rings (SSSR count). The van der Waals surface area contributed by atoms with E-state index in [-0.39, 0.29) is 10.8 Å². The van der Waals surface area contributed by atoms with Gasteiger partial charge in [-0.25, -0.2) is 12.7 Å². The molecule has 1 saturated heterocycles. The van der Waals surface area contributed by atoms with Crippen molar-refractivity contribution in [3.63, 3.8) is 0 Å². The molecule has 1 fully saturated rings. The molecule has 0 spiro atoms. The number of carbonyl (C=O) groups is 1. The molecule has 1 N–H and O–H groups in total. The van der Waals surface area contributed by atoms with Gasteiger partial charge in [-0.15, -0.1) is 0 Å². The van der Waals surface area contributed by atoms with Gasteiger partial charge in [-0.2, -0.15) is 0 Å². The van der Waals surface area contributed by atoms with Crippen molar-refractivity contribution >= 4 is 26.8 Å². The standard InChI is InChI=1S/C25H32N4O3S/c1-27(2)33(31,32)22-11-12-23-21(17-22)18-24(29(23)19-20-9-4-3-5-10-20)25(30)26-13-8-16-28-14-6-7-15-28/h3-5,9-12,17-18H,6-8,13-16,19H2,1-2H3,(H,26,30). The molecule has 8 heteroatoms. The molecular formula is C25H32N4O3S. The predicted octanol–water partition coefficient (Wildman–Crippen LogP) is 3.16. The molecule has 0 saturated carbocycles. The molecule has 1 aliphatic rings. The largest absolute Gasteiger partial charge is 0.351 e. The van der Waals surface area contributed by atoms with Gasteiger partial charge in [-0.3, -0.25) is 4.79 Å². The highest BCUT2D eigenvalue weighted by atomic mass is 32.2. The average molecular weight is 469 g/mol. The summed E-state index contributed by atoms with van der Waals surface area (Å²) < 4.78 is 28.4. The number of fused-ring (bicyclic) bond motifs is 1. The number of carbonyl (C=O) groups excluding carboxylic acids is 1.